The molecule has 0 spiro atoms. The number of nitrogens with zero attached hydrogens (tertiary/aromatic N) is 3. The highest BCUT2D eigenvalue weighted by molar-refractivity contribution is 5.91. The van der Waals surface area contributed by atoms with Crippen molar-refractivity contribution >= 4 is 5.91 Å². The Bertz CT molecular complexity index is 1120. The summed E-state index contributed by atoms with van der Waals surface area (Å²) >= 11 is 0. The number of carbonyl (C=O) groups excluding carboxylic acids is 1. The summed E-state index contributed by atoms with van der Waals surface area (Å²) in [5, 5.41) is 0. The van der Waals surface area contributed by atoms with Crippen LogP contribution in [-0.2, 0) is 25.8 Å². The molecule has 0 unspecified atom stereocenters. The minimum absolute atomic E-state index is 0.161. The molecule has 0 radical (unpaired) electrons. The van der Waals surface area contributed by atoms with Crippen LogP contribution in [0.25, 0.3) is 0 Å². The van der Waals surface area contributed by atoms with Crippen molar-refractivity contribution in [3.05, 3.63) is 102 Å². The van der Waals surface area contributed by atoms with Gasteiger partial charge in [0.05, 0.1) is 31.2 Å². The van der Waals surface area contributed by atoms with Crippen LogP contribution in [0, 0.1) is 0 Å². The number of imidazole rings is 1. The Kier molecular flexibility index (Phi) is 5.66. The first-order valence-corrected chi connectivity index (χ1v) is 9.41. The fourth-order valence-electron chi connectivity index (χ4n) is 3.15. The molecule has 4 aromatic rings. The maximum atomic E-state index is 12.9. The molecule has 0 fully saturated rings. The van der Waals surface area contributed by atoms with Crippen LogP contribution >= 0.6 is 0 Å². The second kappa shape index (κ2) is 8.55. The topological polar surface area (TPSA) is 64.4 Å². The van der Waals surface area contributed by atoms with Gasteiger partial charge in [0.1, 0.15) is 11.6 Å². The lowest BCUT2D eigenvalue weighted by Crippen LogP contribution is -2.31. The highest BCUT2D eigenvalue weighted by Crippen LogP contribution is 2.29. The van der Waals surface area contributed by atoms with Gasteiger partial charge in [0, 0.05) is 18.9 Å². The highest BCUT2D eigenvalue weighted by atomic mass is 19.4. The normalized spacial score (nSPS) is 11.6. The third kappa shape index (κ3) is 4.88. The first-order valence-electron chi connectivity index (χ1n) is 9.41. The quantitative estimate of drug-likeness (QED) is 0.416. The van der Waals surface area contributed by atoms with E-state index in [0.717, 1.165) is 12.1 Å². The van der Waals surface area contributed by atoms with Crippen molar-refractivity contribution in [3.8, 4) is 0 Å². The third-order valence-corrected chi connectivity index (χ3v) is 4.71. The zero-order valence-corrected chi connectivity index (χ0v) is 16.2. The van der Waals surface area contributed by atoms with Crippen molar-refractivity contribution < 1.29 is 26.8 Å². The maximum absolute atomic E-state index is 12.9. The number of amides is 1. The fraction of sp³-hybridized carbons (Fsp3) is 0.182. The smallest absolute Gasteiger partial charge is 0.416 e. The van der Waals surface area contributed by atoms with Gasteiger partial charge in [-0.1, -0.05) is 12.1 Å². The molecule has 0 saturated carbocycles. The van der Waals surface area contributed by atoms with E-state index < -0.39 is 11.7 Å². The summed E-state index contributed by atoms with van der Waals surface area (Å²) in [7, 11) is 0. The Labute approximate surface area is 175 Å². The molecule has 0 atom stereocenters. The van der Waals surface area contributed by atoms with Gasteiger partial charge in [0.2, 0.25) is 0 Å². The van der Waals surface area contributed by atoms with Crippen molar-refractivity contribution in [2.45, 2.75) is 25.8 Å². The first-order chi connectivity index (χ1) is 14.9. The summed E-state index contributed by atoms with van der Waals surface area (Å²) in [5.74, 6) is 1.03. The van der Waals surface area contributed by atoms with E-state index in [9.17, 15) is 18.0 Å². The summed E-state index contributed by atoms with van der Waals surface area (Å²) in [6.07, 6.45) is 1.87. The van der Waals surface area contributed by atoms with Crippen LogP contribution in [-0.4, -0.2) is 20.4 Å². The molecule has 0 N–H and O–H groups in total. The van der Waals surface area contributed by atoms with Gasteiger partial charge in [-0.3, -0.25) is 4.79 Å². The van der Waals surface area contributed by atoms with Crippen molar-refractivity contribution in [1.82, 2.24) is 14.5 Å². The fourth-order valence-corrected chi connectivity index (χ4v) is 3.15. The Morgan fingerprint density at radius 1 is 1.00 bits per heavy atom. The standard InChI is InChI=1S/C22H18F3N3O3/c23-22(24,25)17-7-5-16(6-8-17)13-27-10-9-26-20(27)15-28(14-18-3-1-11-30-18)21(29)19-4-2-12-31-19/h1-12H,13-15H2. The molecule has 1 aromatic carbocycles. The Balaban J connectivity index is 1.53. The zero-order valence-electron chi connectivity index (χ0n) is 16.2. The molecule has 0 aliphatic heterocycles. The van der Waals surface area contributed by atoms with Gasteiger partial charge in [-0.25, -0.2) is 4.98 Å². The molecule has 0 bridgehead atoms. The van der Waals surface area contributed by atoms with E-state index in [1.165, 1.54) is 29.6 Å². The lowest BCUT2D eigenvalue weighted by molar-refractivity contribution is -0.137. The van der Waals surface area contributed by atoms with E-state index in [2.05, 4.69) is 4.98 Å². The van der Waals surface area contributed by atoms with Gasteiger partial charge in [0.25, 0.3) is 5.91 Å². The van der Waals surface area contributed by atoms with Crippen molar-refractivity contribution in [2.24, 2.45) is 0 Å². The van der Waals surface area contributed by atoms with Crippen LogP contribution in [0.1, 0.15) is 33.3 Å². The van der Waals surface area contributed by atoms with Gasteiger partial charge in [-0.2, -0.15) is 13.2 Å². The molecule has 3 heterocycles. The molecular formula is C22H18F3N3O3. The maximum Gasteiger partial charge on any atom is 0.416 e. The second-order valence-corrected chi connectivity index (χ2v) is 6.88. The van der Waals surface area contributed by atoms with Gasteiger partial charge in [-0.15, -0.1) is 0 Å². The molecule has 0 aliphatic carbocycles. The molecule has 1 amide bonds. The van der Waals surface area contributed by atoms with Crippen molar-refractivity contribution in [3.63, 3.8) is 0 Å². The summed E-state index contributed by atoms with van der Waals surface area (Å²) in [4.78, 5) is 18.8. The van der Waals surface area contributed by atoms with Gasteiger partial charge >= 0.3 is 6.18 Å². The molecule has 4 rings (SSSR count). The second-order valence-electron chi connectivity index (χ2n) is 6.88. The molecule has 6 nitrogen and oxygen atoms in total. The average molecular weight is 429 g/mol. The summed E-state index contributed by atoms with van der Waals surface area (Å²) in [6.45, 7) is 0.685. The minimum Gasteiger partial charge on any atom is -0.467 e. The van der Waals surface area contributed by atoms with E-state index in [1.807, 2.05) is 0 Å². The summed E-state index contributed by atoms with van der Waals surface area (Å²) in [6, 6.07) is 11.7. The highest BCUT2D eigenvalue weighted by Gasteiger charge is 2.30. The van der Waals surface area contributed by atoms with Crippen LogP contribution in [0.3, 0.4) is 0 Å². The van der Waals surface area contributed by atoms with E-state index >= 15 is 0 Å². The molecule has 160 valence electrons. The van der Waals surface area contributed by atoms with Crippen LogP contribution in [0.5, 0.6) is 0 Å². The van der Waals surface area contributed by atoms with Gasteiger partial charge in [-0.05, 0) is 42.0 Å². The van der Waals surface area contributed by atoms with E-state index in [4.69, 9.17) is 8.83 Å². The van der Waals surface area contributed by atoms with Crippen molar-refractivity contribution in [1.29, 1.82) is 0 Å². The predicted molar refractivity (Wildman–Crippen MR) is 104 cm³/mol. The Morgan fingerprint density at radius 2 is 1.74 bits per heavy atom. The number of aromatic nitrogens is 2. The number of halogens is 3. The van der Waals surface area contributed by atoms with Crippen LogP contribution < -0.4 is 0 Å². The minimum atomic E-state index is -4.38. The Morgan fingerprint density at radius 3 is 2.39 bits per heavy atom. The molecular weight excluding hydrogens is 411 g/mol. The summed E-state index contributed by atoms with van der Waals surface area (Å²) < 4.78 is 50.7. The molecule has 0 saturated heterocycles. The summed E-state index contributed by atoms with van der Waals surface area (Å²) in [5.41, 5.74) is -0.0158. The van der Waals surface area contributed by atoms with Crippen LogP contribution in [0.4, 0.5) is 13.2 Å². The van der Waals surface area contributed by atoms with Gasteiger partial charge < -0.3 is 18.3 Å². The Hall–Kier alpha value is -3.75. The number of carbonyl (C=O) groups is 1. The number of hydrogen-bond acceptors (Lipinski definition) is 4. The number of hydrogen-bond donors (Lipinski definition) is 0. The lowest BCUT2D eigenvalue weighted by atomic mass is 10.1. The first kappa shape index (κ1) is 20.5. The number of alkyl halides is 3. The number of rotatable bonds is 7. The molecule has 9 heteroatoms. The van der Waals surface area contributed by atoms with Crippen LogP contribution in [0.2, 0.25) is 0 Å². The molecule has 3 aromatic heterocycles. The van der Waals surface area contributed by atoms with E-state index in [-0.39, 0.29) is 24.8 Å². The predicted octanol–water partition coefficient (Wildman–Crippen LogP) is 4.98. The SMILES string of the molecule is O=C(c1ccco1)N(Cc1ccco1)Cc1nccn1Cc1ccc(C(F)(F)F)cc1. The van der Waals surface area contributed by atoms with Crippen LogP contribution in [0.15, 0.2) is 82.3 Å². The lowest BCUT2D eigenvalue weighted by Gasteiger charge is -2.21. The van der Waals surface area contributed by atoms with Gasteiger partial charge in [0.15, 0.2) is 5.76 Å². The van der Waals surface area contributed by atoms with E-state index in [0.29, 0.717) is 23.7 Å². The molecule has 31 heavy (non-hydrogen) atoms. The number of benzene rings is 1. The average Bonchev–Trinajstić information content (AvgIpc) is 3.51. The monoisotopic (exact) mass is 429 g/mol. The third-order valence-electron chi connectivity index (χ3n) is 4.71. The van der Waals surface area contributed by atoms with Crippen molar-refractivity contribution in [2.75, 3.05) is 0 Å². The zero-order chi connectivity index (χ0) is 21.8. The number of furan rings is 2. The largest absolute Gasteiger partial charge is 0.467 e. The van der Waals surface area contributed by atoms with E-state index in [1.54, 1.807) is 41.2 Å². The molecule has 0 aliphatic rings.